The molecule has 0 radical (unpaired) electrons. The van der Waals surface area contributed by atoms with E-state index in [-0.39, 0.29) is 11.8 Å². The molecule has 0 fully saturated rings. The van der Waals surface area contributed by atoms with Crippen molar-refractivity contribution in [3.63, 3.8) is 0 Å². The van der Waals surface area contributed by atoms with E-state index < -0.39 is 0 Å². The highest BCUT2D eigenvalue weighted by molar-refractivity contribution is 7.22. The van der Waals surface area contributed by atoms with Gasteiger partial charge < -0.3 is 20.1 Å². The van der Waals surface area contributed by atoms with Crippen molar-refractivity contribution in [3.8, 4) is 11.5 Å². The maximum atomic E-state index is 12.6. The van der Waals surface area contributed by atoms with E-state index >= 15 is 0 Å². The molecular weight excluding hydrogens is 354 g/mol. The number of nitrogens with one attached hydrogen (secondary N) is 2. The summed E-state index contributed by atoms with van der Waals surface area (Å²) in [5.74, 6) is 0.367. The minimum Gasteiger partial charge on any atom is -0.493 e. The van der Waals surface area contributed by atoms with E-state index in [4.69, 9.17) is 9.47 Å². The van der Waals surface area contributed by atoms with E-state index in [1.165, 1.54) is 32.5 Å². The van der Waals surface area contributed by atoms with Gasteiger partial charge in [0.15, 0.2) is 16.6 Å². The first kappa shape index (κ1) is 17.7. The lowest BCUT2D eigenvalue weighted by Crippen LogP contribution is -2.13. The molecule has 3 aromatic rings. The first-order valence-electron chi connectivity index (χ1n) is 7.72. The van der Waals surface area contributed by atoms with E-state index in [0.717, 1.165) is 10.2 Å². The lowest BCUT2D eigenvalue weighted by atomic mass is 10.1. The Morgan fingerprint density at radius 2 is 1.88 bits per heavy atom. The normalized spacial score (nSPS) is 10.4. The van der Waals surface area contributed by atoms with Crippen LogP contribution >= 0.6 is 11.3 Å². The van der Waals surface area contributed by atoms with Gasteiger partial charge in [-0.1, -0.05) is 17.4 Å². The van der Waals surface area contributed by atoms with Gasteiger partial charge in [-0.25, -0.2) is 4.98 Å². The summed E-state index contributed by atoms with van der Waals surface area (Å²) in [6.45, 7) is 1.43. The van der Waals surface area contributed by atoms with E-state index in [2.05, 4.69) is 15.6 Å². The van der Waals surface area contributed by atoms with E-state index in [1.807, 2.05) is 6.07 Å². The fraction of sp³-hybridized carbons (Fsp3) is 0.167. The average molecular weight is 371 g/mol. The number of aromatic nitrogens is 1. The third-order valence-electron chi connectivity index (χ3n) is 3.58. The third-order valence-corrected chi connectivity index (χ3v) is 4.51. The summed E-state index contributed by atoms with van der Waals surface area (Å²) in [5, 5.41) is 6.02. The number of nitrogens with zero attached hydrogens (tertiary/aromatic N) is 1. The smallest absolute Gasteiger partial charge is 0.259 e. The number of hydrogen-bond donors (Lipinski definition) is 2. The number of carbonyl (C=O) groups is 2. The van der Waals surface area contributed by atoms with E-state index in [1.54, 1.807) is 30.3 Å². The minimum absolute atomic E-state index is 0.178. The van der Waals surface area contributed by atoms with Crippen LogP contribution in [0, 0.1) is 0 Å². The number of benzene rings is 2. The van der Waals surface area contributed by atoms with Crippen LogP contribution in [-0.4, -0.2) is 31.0 Å². The summed E-state index contributed by atoms with van der Waals surface area (Å²) in [6, 6.07) is 10.5. The molecule has 134 valence electrons. The van der Waals surface area contributed by atoms with Crippen LogP contribution in [0.1, 0.15) is 17.3 Å². The molecule has 0 atom stereocenters. The van der Waals surface area contributed by atoms with Crippen LogP contribution in [0.2, 0.25) is 0 Å². The van der Waals surface area contributed by atoms with Crippen molar-refractivity contribution in [1.82, 2.24) is 4.98 Å². The second kappa shape index (κ2) is 7.40. The molecular formula is C18H17N3O4S. The third kappa shape index (κ3) is 3.60. The monoisotopic (exact) mass is 371 g/mol. The zero-order chi connectivity index (χ0) is 18.7. The summed E-state index contributed by atoms with van der Waals surface area (Å²) in [6.07, 6.45) is 0. The van der Waals surface area contributed by atoms with E-state index in [0.29, 0.717) is 27.9 Å². The van der Waals surface area contributed by atoms with Crippen molar-refractivity contribution in [2.75, 3.05) is 24.9 Å². The number of thiazole rings is 1. The molecule has 0 aliphatic heterocycles. The number of amides is 2. The number of ether oxygens (including phenoxy) is 2. The lowest BCUT2D eigenvalue weighted by molar-refractivity contribution is -0.114. The molecule has 3 rings (SSSR count). The number of para-hydroxylation sites is 1. The number of methoxy groups -OCH3 is 2. The van der Waals surface area contributed by atoms with Crippen LogP contribution in [0.5, 0.6) is 11.5 Å². The molecule has 0 aliphatic rings. The molecule has 26 heavy (non-hydrogen) atoms. The summed E-state index contributed by atoms with van der Waals surface area (Å²) >= 11 is 1.34. The Balaban J connectivity index is 1.86. The van der Waals surface area contributed by atoms with Gasteiger partial charge in [-0.2, -0.15) is 0 Å². The van der Waals surface area contributed by atoms with Crippen LogP contribution in [0.25, 0.3) is 10.2 Å². The highest BCUT2D eigenvalue weighted by Gasteiger charge is 2.17. The highest BCUT2D eigenvalue weighted by Crippen LogP contribution is 2.32. The van der Waals surface area contributed by atoms with Gasteiger partial charge in [-0.3, -0.25) is 9.59 Å². The van der Waals surface area contributed by atoms with Gasteiger partial charge in [-0.15, -0.1) is 0 Å². The van der Waals surface area contributed by atoms with Crippen LogP contribution < -0.4 is 20.1 Å². The topological polar surface area (TPSA) is 89.5 Å². The molecule has 7 nitrogen and oxygen atoms in total. The molecule has 0 spiro atoms. The van der Waals surface area contributed by atoms with Crippen molar-refractivity contribution < 1.29 is 19.1 Å². The number of carbonyl (C=O) groups excluding carboxylic acids is 2. The fourth-order valence-electron chi connectivity index (χ4n) is 2.47. The number of anilines is 2. The van der Waals surface area contributed by atoms with Crippen molar-refractivity contribution in [2.24, 2.45) is 0 Å². The molecule has 0 unspecified atom stereocenters. The molecule has 8 heteroatoms. The van der Waals surface area contributed by atoms with Crippen molar-refractivity contribution in [2.45, 2.75) is 6.92 Å². The first-order valence-corrected chi connectivity index (χ1v) is 8.54. The van der Waals surface area contributed by atoms with Gasteiger partial charge >= 0.3 is 0 Å². The molecule has 0 saturated heterocycles. The molecule has 2 N–H and O–H groups in total. The molecule has 0 saturated carbocycles. The Labute approximate surface area is 154 Å². The van der Waals surface area contributed by atoms with Crippen LogP contribution in [-0.2, 0) is 4.79 Å². The number of fused-ring (bicyclic) bond motifs is 1. The lowest BCUT2D eigenvalue weighted by Gasteiger charge is -2.12. The van der Waals surface area contributed by atoms with Gasteiger partial charge in [-0.05, 0) is 30.3 Å². The molecule has 2 aromatic carbocycles. The second-order valence-corrected chi connectivity index (χ2v) is 6.41. The van der Waals surface area contributed by atoms with Crippen LogP contribution in [0.3, 0.4) is 0 Å². The van der Waals surface area contributed by atoms with Crippen LogP contribution in [0.4, 0.5) is 10.8 Å². The fourth-order valence-corrected chi connectivity index (χ4v) is 3.42. The summed E-state index contributed by atoms with van der Waals surface area (Å²) in [7, 11) is 3.01. The van der Waals surface area contributed by atoms with E-state index in [9.17, 15) is 9.59 Å². The largest absolute Gasteiger partial charge is 0.493 e. The Morgan fingerprint density at radius 1 is 1.08 bits per heavy atom. The quantitative estimate of drug-likeness (QED) is 0.716. The van der Waals surface area contributed by atoms with Gasteiger partial charge in [0.1, 0.15) is 0 Å². The SMILES string of the molecule is COc1cccc(C(=O)Nc2ccc3nc(NC(C)=O)sc3c2)c1OC. The maximum Gasteiger partial charge on any atom is 0.259 e. The zero-order valence-corrected chi connectivity index (χ0v) is 15.3. The zero-order valence-electron chi connectivity index (χ0n) is 14.5. The predicted octanol–water partition coefficient (Wildman–Crippen LogP) is 3.52. The molecule has 1 heterocycles. The summed E-state index contributed by atoms with van der Waals surface area (Å²) in [5.41, 5.74) is 1.73. The Bertz CT molecular complexity index is 984. The van der Waals surface area contributed by atoms with Crippen molar-refractivity contribution >= 4 is 44.2 Å². The van der Waals surface area contributed by atoms with Gasteiger partial charge in [0.2, 0.25) is 5.91 Å². The molecule has 2 amide bonds. The minimum atomic E-state index is -0.313. The average Bonchev–Trinajstić information content (AvgIpc) is 3.01. The highest BCUT2D eigenvalue weighted by atomic mass is 32.1. The van der Waals surface area contributed by atoms with Crippen molar-refractivity contribution in [1.29, 1.82) is 0 Å². The number of rotatable bonds is 5. The van der Waals surface area contributed by atoms with Crippen molar-refractivity contribution in [3.05, 3.63) is 42.0 Å². The molecule has 1 aromatic heterocycles. The second-order valence-electron chi connectivity index (χ2n) is 5.38. The predicted molar refractivity (Wildman–Crippen MR) is 101 cm³/mol. The number of hydrogen-bond acceptors (Lipinski definition) is 6. The first-order chi connectivity index (χ1) is 12.5. The van der Waals surface area contributed by atoms with Gasteiger partial charge in [0, 0.05) is 12.6 Å². The summed E-state index contributed by atoms with van der Waals surface area (Å²) < 4.78 is 11.4. The summed E-state index contributed by atoms with van der Waals surface area (Å²) in [4.78, 5) is 28.1. The maximum absolute atomic E-state index is 12.6. The van der Waals surface area contributed by atoms with Gasteiger partial charge in [0.05, 0.1) is 30.0 Å². The standard InChI is InChI=1S/C18H17N3O4S/c1-10(22)19-18-21-13-8-7-11(9-15(13)26-18)20-17(23)12-5-4-6-14(24-2)16(12)25-3/h4-9H,1-3H3,(H,20,23)(H,19,21,22). The molecule has 0 bridgehead atoms. The van der Waals surface area contributed by atoms with Crippen LogP contribution in [0.15, 0.2) is 36.4 Å². The van der Waals surface area contributed by atoms with Gasteiger partial charge in [0.25, 0.3) is 5.91 Å². The molecule has 0 aliphatic carbocycles. The Morgan fingerprint density at radius 3 is 2.58 bits per heavy atom. The Hall–Kier alpha value is -3.13. The Kier molecular flexibility index (Phi) is 5.04.